The molecule has 1 aromatic heterocycles. The number of hydrogen-bond donors (Lipinski definition) is 0. The highest BCUT2D eigenvalue weighted by Crippen LogP contribution is 2.55. The van der Waals surface area contributed by atoms with Gasteiger partial charge in [0, 0.05) is 44.9 Å². The number of rotatable bonds is 7. The van der Waals surface area contributed by atoms with Crippen molar-refractivity contribution in [2.24, 2.45) is 0 Å². The lowest BCUT2D eigenvalue weighted by Crippen LogP contribution is -2.34. The van der Waals surface area contributed by atoms with E-state index >= 15 is 0 Å². The Morgan fingerprint density at radius 3 is 1.35 bits per heavy atom. The van der Waals surface area contributed by atoms with Crippen molar-refractivity contribution in [1.82, 2.24) is 0 Å². The second-order valence-corrected chi connectivity index (χ2v) is 28.5. The molecule has 388 valence electrons. The van der Waals surface area contributed by atoms with Crippen molar-refractivity contribution in [2.75, 3.05) is 9.80 Å². The molecule has 1 heterocycles. The third-order valence-electron chi connectivity index (χ3n) is 18.9. The Kier molecular flexibility index (Phi) is 11.6. The average Bonchev–Trinajstić information content (AvgIpc) is 3.80. The van der Waals surface area contributed by atoms with Crippen LogP contribution in [-0.4, -0.2) is 0 Å². The third kappa shape index (κ3) is 8.54. The van der Waals surface area contributed by atoms with Gasteiger partial charge in [0.05, 0.1) is 0 Å². The molecule has 0 spiro atoms. The second-order valence-electron chi connectivity index (χ2n) is 28.5. The van der Waals surface area contributed by atoms with Gasteiger partial charge in [0.2, 0.25) is 0 Å². The van der Waals surface area contributed by atoms with Gasteiger partial charge in [-0.05, 0) is 230 Å². The fraction of sp³-hybridized carbons (Fsp3) is 0.417. The molecular formula is C72H84N2O. The lowest BCUT2D eigenvalue weighted by atomic mass is 9.63. The van der Waals surface area contributed by atoms with Gasteiger partial charge >= 0.3 is 0 Å². The lowest BCUT2D eigenvalue weighted by molar-refractivity contribution is 0.332. The smallest absolute Gasteiger partial charge is 0.135 e. The summed E-state index contributed by atoms with van der Waals surface area (Å²) in [7, 11) is 0. The number of anilines is 6. The second kappa shape index (κ2) is 17.0. The van der Waals surface area contributed by atoms with Gasteiger partial charge in [0.25, 0.3) is 0 Å². The van der Waals surface area contributed by atoms with Crippen LogP contribution in [0.15, 0.2) is 126 Å². The van der Waals surface area contributed by atoms with Crippen LogP contribution in [0.5, 0.6) is 0 Å². The first-order valence-corrected chi connectivity index (χ1v) is 28.2. The maximum Gasteiger partial charge on any atom is 0.135 e. The highest BCUT2D eigenvalue weighted by Gasteiger charge is 2.43. The Balaban J connectivity index is 1.24. The van der Waals surface area contributed by atoms with Crippen molar-refractivity contribution in [3.63, 3.8) is 0 Å². The van der Waals surface area contributed by atoms with Crippen molar-refractivity contribution in [1.29, 1.82) is 0 Å². The van der Waals surface area contributed by atoms with Crippen LogP contribution < -0.4 is 9.80 Å². The van der Waals surface area contributed by atoms with Gasteiger partial charge in [-0.1, -0.05) is 152 Å². The first-order valence-electron chi connectivity index (χ1n) is 28.2. The van der Waals surface area contributed by atoms with Crippen LogP contribution >= 0.6 is 0 Å². The van der Waals surface area contributed by atoms with Gasteiger partial charge < -0.3 is 14.2 Å². The van der Waals surface area contributed by atoms with Crippen molar-refractivity contribution in [3.05, 3.63) is 177 Å². The van der Waals surface area contributed by atoms with E-state index in [1.807, 2.05) is 0 Å². The zero-order chi connectivity index (χ0) is 53.7. The summed E-state index contributed by atoms with van der Waals surface area (Å²) in [6.07, 6.45) is 5.76. The highest BCUT2D eigenvalue weighted by atomic mass is 16.3. The summed E-state index contributed by atoms with van der Waals surface area (Å²) in [6, 6.07) is 47.7. The monoisotopic (exact) mass is 993 g/mol. The fourth-order valence-corrected chi connectivity index (χ4v) is 14.2. The number of fused-ring (bicyclic) bond motifs is 6. The molecule has 75 heavy (non-hydrogen) atoms. The number of hydrogen-bond acceptors (Lipinski definition) is 3. The molecule has 3 aliphatic rings. The summed E-state index contributed by atoms with van der Waals surface area (Å²) in [5.41, 5.74) is 25.5. The Morgan fingerprint density at radius 2 is 0.827 bits per heavy atom. The SMILES string of the molecule is Cc1ccccc1-c1cc(N(c2ccc3c(c2)C(C)(C)CC3(C)C)c2cc3c(cc2C)C(C)(C)CCC3(C)C)cc(N(c2ccc3oc4ccc(C(C)(C)C)cc4c3c2)c2cc3c(cc2C)C(C)(C)CCC3(C)C)c1. The lowest BCUT2D eigenvalue weighted by Gasteiger charge is -2.43. The predicted molar refractivity (Wildman–Crippen MR) is 323 cm³/mol. The van der Waals surface area contributed by atoms with E-state index in [2.05, 4.69) is 256 Å². The van der Waals surface area contributed by atoms with Gasteiger partial charge in [-0.3, -0.25) is 0 Å². The Labute approximate surface area is 450 Å². The molecule has 0 amide bonds. The standard InChI is InChI=1S/C72H84N2O/c1-44-21-19-20-22-53(44)47-35-51(38-52(36-47)74(50-24-26-56-59(40-50)72(17,18)43-71(56,15)16)63-42-61-58(34-46(63)3)68(9,10)30-32-70(61,13)14)73(62-41-60-57(33-45(62)2)67(7,8)29-31-69(60,11)12)49-25-28-65-55(39-49)54-37-48(66(4,5)6)23-27-64(54)75-65/h19-28,33-42H,29-32,43H2,1-18H3. The van der Waals surface area contributed by atoms with E-state index < -0.39 is 0 Å². The van der Waals surface area contributed by atoms with Gasteiger partial charge in [-0.25, -0.2) is 0 Å². The molecule has 0 unspecified atom stereocenters. The molecule has 0 atom stereocenters. The van der Waals surface area contributed by atoms with Gasteiger partial charge in [-0.15, -0.1) is 0 Å². The maximum atomic E-state index is 6.67. The summed E-state index contributed by atoms with van der Waals surface area (Å²) < 4.78 is 6.67. The molecule has 0 saturated heterocycles. The molecule has 0 bridgehead atoms. The minimum absolute atomic E-state index is 0.00626. The average molecular weight is 993 g/mol. The summed E-state index contributed by atoms with van der Waals surface area (Å²) >= 11 is 0. The molecule has 3 aliphatic carbocycles. The third-order valence-corrected chi connectivity index (χ3v) is 18.9. The van der Waals surface area contributed by atoms with Crippen molar-refractivity contribution >= 4 is 56.1 Å². The maximum absolute atomic E-state index is 6.67. The van der Waals surface area contributed by atoms with Crippen molar-refractivity contribution < 1.29 is 4.42 Å². The van der Waals surface area contributed by atoms with Crippen LogP contribution in [0, 0.1) is 20.8 Å². The largest absolute Gasteiger partial charge is 0.456 e. The Morgan fingerprint density at radius 1 is 0.387 bits per heavy atom. The number of furan rings is 1. The number of aryl methyl sites for hydroxylation is 3. The molecular weight excluding hydrogens is 909 g/mol. The predicted octanol–water partition coefficient (Wildman–Crippen LogP) is 21.1. The van der Waals surface area contributed by atoms with E-state index in [4.69, 9.17) is 4.42 Å². The first-order chi connectivity index (χ1) is 35.0. The molecule has 0 aliphatic heterocycles. The molecule has 3 nitrogen and oxygen atoms in total. The zero-order valence-electron chi connectivity index (χ0n) is 48.9. The molecule has 11 rings (SSSR count). The fourth-order valence-electron chi connectivity index (χ4n) is 14.2. The summed E-state index contributed by atoms with van der Waals surface area (Å²) in [4.78, 5) is 5.22. The van der Waals surface area contributed by atoms with Crippen molar-refractivity contribution in [3.8, 4) is 11.1 Å². The molecule has 3 heteroatoms. The van der Waals surface area contributed by atoms with Gasteiger partial charge in [0.15, 0.2) is 0 Å². The van der Waals surface area contributed by atoms with Gasteiger partial charge in [0.1, 0.15) is 11.2 Å². The van der Waals surface area contributed by atoms with Gasteiger partial charge in [-0.2, -0.15) is 0 Å². The van der Waals surface area contributed by atoms with E-state index in [0.717, 1.165) is 58.3 Å². The summed E-state index contributed by atoms with van der Waals surface area (Å²) in [5, 5.41) is 2.29. The van der Waals surface area contributed by atoms with E-state index in [9.17, 15) is 0 Å². The molecule has 0 fully saturated rings. The molecule has 0 radical (unpaired) electrons. The molecule has 0 N–H and O–H groups in total. The normalized spacial score (nSPS) is 18.6. The molecule has 0 saturated carbocycles. The van der Waals surface area contributed by atoms with Crippen LogP contribution in [0.4, 0.5) is 34.1 Å². The summed E-state index contributed by atoms with van der Waals surface area (Å²) in [5.74, 6) is 0. The molecule has 7 aromatic carbocycles. The zero-order valence-corrected chi connectivity index (χ0v) is 48.9. The topological polar surface area (TPSA) is 19.6 Å². The van der Waals surface area contributed by atoms with E-state index in [-0.39, 0.29) is 37.9 Å². The van der Waals surface area contributed by atoms with E-state index in [0.29, 0.717) is 0 Å². The highest BCUT2D eigenvalue weighted by molar-refractivity contribution is 6.07. The van der Waals surface area contributed by atoms with E-state index in [1.165, 1.54) is 96.7 Å². The Bertz CT molecular complexity index is 3620. The van der Waals surface area contributed by atoms with E-state index in [1.54, 1.807) is 0 Å². The first kappa shape index (κ1) is 51.1. The quantitative estimate of drug-likeness (QED) is 0.159. The van der Waals surface area contributed by atoms with Crippen LogP contribution in [0.25, 0.3) is 33.1 Å². The van der Waals surface area contributed by atoms with Crippen molar-refractivity contribution in [2.45, 2.75) is 195 Å². The Hall–Kier alpha value is -6.06. The van der Waals surface area contributed by atoms with Crippen LogP contribution in [0.2, 0.25) is 0 Å². The number of nitrogens with zero attached hydrogens (tertiary/aromatic N) is 2. The minimum atomic E-state index is -0.00626. The number of benzene rings is 7. The minimum Gasteiger partial charge on any atom is -0.456 e. The van der Waals surface area contributed by atoms with Crippen LogP contribution in [0.1, 0.15) is 192 Å². The summed E-state index contributed by atoms with van der Waals surface area (Å²) in [6.45, 7) is 43.2. The molecule has 8 aromatic rings. The van der Waals surface area contributed by atoms with Crippen LogP contribution in [-0.2, 0) is 37.9 Å². The van der Waals surface area contributed by atoms with Crippen LogP contribution in [0.3, 0.4) is 0 Å².